The third kappa shape index (κ3) is 1.72. The lowest BCUT2D eigenvalue weighted by Gasteiger charge is -1.97. The Labute approximate surface area is 98.4 Å². The third-order valence-corrected chi connectivity index (χ3v) is 2.58. The van der Waals surface area contributed by atoms with E-state index in [4.69, 9.17) is 4.74 Å². The van der Waals surface area contributed by atoms with Crippen molar-refractivity contribution in [2.45, 2.75) is 0 Å². The number of ether oxygens (including phenoxy) is 1. The first-order valence-corrected chi connectivity index (χ1v) is 5.29. The smallest absolute Gasteiger partial charge is 0.344 e. The van der Waals surface area contributed by atoms with Crippen molar-refractivity contribution in [2.24, 2.45) is 0 Å². The molecule has 0 saturated carbocycles. The Morgan fingerprint density at radius 1 is 1.00 bits per heavy atom. The Bertz CT molecular complexity index is 603. The van der Waals surface area contributed by atoms with Crippen molar-refractivity contribution < 1.29 is 9.53 Å². The summed E-state index contributed by atoms with van der Waals surface area (Å²) in [5, 5.41) is 0. The van der Waals surface area contributed by atoms with Crippen LogP contribution in [0.25, 0.3) is 11.8 Å². The summed E-state index contributed by atoms with van der Waals surface area (Å²) in [6.45, 7) is 0. The highest BCUT2D eigenvalue weighted by Gasteiger charge is 2.25. The zero-order valence-electron chi connectivity index (χ0n) is 8.96. The molecule has 0 unspecified atom stereocenters. The summed E-state index contributed by atoms with van der Waals surface area (Å²) in [6.07, 6.45) is 3.47. The SMILES string of the molecule is O=C1O/C(=C\c2ccccn2)c2ccccc21. The van der Waals surface area contributed by atoms with Crippen LogP contribution in [0.2, 0.25) is 0 Å². The molecule has 2 aromatic rings. The van der Waals surface area contributed by atoms with Gasteiger partial charge in [-0.05, 0) is 18.2 Å². The van der Waals surface area contributed by atoms with E-state index in [2.05, 4.69) is 4.98 Å². The lowest BCUT2D eigenvalue weighted by atomic mass is 10.1. The van der Waals surface area contributed by atoms with E-state index < -0.39 is 0 Å². The minimum Gasteiger partial charge on any atom is -0.422 e. The fourth-order valence-corrected chi connectivity index (χ4v) is 1.79. The van der Waals surface area contributed by atoms with Gasteiger partial charge in [0.15, 0.2) is 0 Å². The normalized spacial score (nSPS) is 15.8. The molecule has 3 nitrogen and oxygen atoms in total. The Morgan fingerprint density at radius 3 is 2.53 bits per heavy atom. The molecule has 0 aliphatic carbocycles. The molecule has 0 bridgehead atoms. The first-order chi connectivity index (χ1) is 8.34. The number of hydrogen-bond donors (Lipinski definition) is 0. The molecular formula is C14H9NO2. The second-order valence-electron chi connectivity index (χ2n) is 3.70. The molecule has 1 aliphatic rings. The monoisotopic (exact) mass is 223 g/mol. The van der Waals surface area contributed by atoms with Crippen LogP contribution in [0, 0.1) is 0 Å². The van der Waals surface area contributed by atoms with Gasteiger partial charge in [0.25, 0.3) is 0 Å². The van der Waals surface area contributed by atoms with Crippen molar-refractivity contribution in [2.75, 3.05) is 0 Å². The van der Waals surface area contributed by atoms with Crippen molar-refractivity contribution in [3.63, 3.8) is 0 Å². The largest absolute Gasteiger partial charge is 0.422 e. The van der Waals surface area contributed by atoms with Crippen molar-refractivity contribution in [3.8, 4) is 0 Å². The van der Waals surface area contributed by atoms with E-state index in [1.54, 1.807) is 18.3 Å². The number of carbonyl (C=O) groups excluding carboxylic acids is 1. The van der Waals surface area contributed by atoms with E-state index in [1.165, 1.54) is 0 Å². The van der Waals surface area contributed by atoms with Crippen LogP contribution in [0.4, 0.5) is 0 Å². The van der Waals surface area contributed by atoms with Gasteiger partial charge >= 0.3 is 5.97 Å². The predicted molar refractivity (Wildman–Crippen MR) is 64.0 cm³/mol. The lowest BCUT2D eigenvalue weighted by Crippen LogP contribution is -1.92. The van der Waals surface area contributed by atoms with Crippen molar-refractivity contribution >= 4 is 17.8 Å². The summed E-state index contributed by atoms with van der Waals surface area (Å²) in [4.78, 5) is 15.8. The minimum absolute atomic E-state index is 0.303. The maximum absolute atomic E-state index is 11.6. The van der Waals surface area contributed by atoms with Crippen LogP contribution >= 0.6 is 0 Å². The van der Waals surface area contributed by atoms with Gasteiger partial charge < -0.3 is 4.74 Å². The molecule has 3 rings (SSSR count). The van der Waals surface area contributed by atoms with E-state index in [1.807, 2.05) is 36.4 Å². The average molecular weight is 223 g/mol. The molecule has 0 atom stereocenters. The second-order valence-corrected chi connectivity index (χ2v) is 3.70. The third-order valence-electron chi connectivity index (χ3n) is 2.58. The molecule has 1 aromatic carbocycles. The number of hydrogen-bond acceptors (Lipinski definition) is 3. The molecule has 0 radical (unpaired) electrons. The van der Waals surface area contributed by atoms with Crippen LogP contribution in [-0.4, -0.2) is 11.0 Å². The van der Waals surface area contributed by atoms with E-state index in [9.17, 15) is 4.79 Å². The molecule has 3 heteroatoms. The summed E-state index contributed by atoms with van der Waals surface area (Å²) >= 11 is 0. The summed E-state index contributed by atoms with van der Waals surface area (Å²) in [6, 6.07) is 12.9. The van der Waals surface area contributed by atoms with Crippen LogP contribution in [0.15, 0.2) is 48.7 Å². The van der Waals surface area contributed by atoms with Gasteiger partial charge in [0.1, 0.15) is 5.76 Å². The van der Waals surface area contributed by atoms with Crippen molar-refractivity contribution in [1.29, 1.82) is 0 Å². The van der Waals surface area contributed by atoms with Gasteiger partial charge in [0, 0.05) is 17.8 Å². The topological polar surface area (TPSA) is 39.2 Å². The zero-order valence-corrected chi connectivity index (χ0v) is 8.96. The van der Waals surface area contributed by atoms with E-state index in [0.29, 0.717) is 11.3 Å². The number of carbonyl (C=O) groups is 1. The highest BCUT2D eigenvalue weighted by atomic mass is 16.5. The van der Waals surface area contributed by atoms with Crippen LogP contribution in [0.5, 0.6) is 0 Å². The number of rotatable bonds is 1. The molecule has 0 saturated heterocycles. The summed E-state index contributed by atoms with van der Waals surface area (Å²) in [5.74, 6) is 0.257. The molecule has 0 amide bonds. The Hall–Kier alpha value is -2.42. The van der Waals surface area contributed by atoms with Gasteiger partial charge in [-0.25, -0.2) is 4.79 Å². The minimum atomic E-state index is -0.303. The predicted octanol–water partition coefficient (Wildman–Crippen LogP) is 2.75. The Morgan fingerprint density at radius 2 is 1.76 bits per heavy atom. The standard InChI is InChI=1S/C14H9NO2/c16-14-12-7-2-1-6-11(12)13(17-14)9-10-5-3-4-8-15-10/h1-9H/b13-9-. The fraction of sp³-hybridized carbons (Fsp3) is 0. The van der Waals surface area contributed by atoms with Crippen LogP contribution in [0.3, 0.4) is 0 Å². The summed E-state index contributed by atoms with van der Waals surface area (Å²) < 4.78 is 5.22. The molecule has 1 aromatic heterocycles. The molecular weight excluding hydrogens is 214 g/mol. The second kappa shape index (κ2) is 3.87. The zero-order chi connectivity index (χ0) is 11.7. The lowest BCUT2D eigenvalue weighted by molar-refractivity contribution is 0.0717. The van der Waals surface area contributed by atoms with E-state index >= 15 is 0 Å². The molecule has 0 N–H and O–H groups in total. The molecule has 1 aliphatic heterocycles. The number of benzene rings is 1. The van der Waals surface area contributed by atoms with Gasteiger partial charge in [-0.2, -0.15) is 0 Å². The van der Waals surface area contributed by atoms with Gasteiger partial charge in [0.2, 0.25) is 0 Å². The van der Waals surface area contributed by atoms with Gasteiger partial charge in [-0.15, -0.1) is 0 Å². The number of cyclic esters (lactones) is 1. The van der Waals surface area contributed by atoms with Crippen LogP contribution < -0.4 is 0 Å². The van der Waals surface area contributed by atoms with Crippen LogP contribution in [-0.2, 0) is 4.74 Å². The highest BCUT2D eigenvalue weighted by Crippen LogP contribution is 2.30. The molecule has 82 valence electrons. The first kappa shape index (κ1) is 9.78. The summed E-state index contributed by atoms with van der Waals surface area (Å²) in [7, 11) is 0. The quantitative estimate of drug-likeness (QED) is 0.698. The van der Waals surface area contributed by atoms with Gasteiger partial charge in [-0.3, -0.25) is 4.98 Å². The molecule has 0 spiro atoms. The molecule has 2 heterocycles. The fourth-order valence-electron chi connectivity index (χ4n) is 1.79. The highest BCUT2D eigenvalue weighted by molar-refractivity contribution is 6.05. The average Bonchev–Trinajstić information content (AvgIpc) is 2.69. The first-order valence-electron chi connectivity index (χ1n) is 5.29. The Kier molecular flexibility index (Phi) is 2.22. The molecule has 17 heavy (non-hydrogen) atoms. The van der Waals surface area contributed by atoms with Crippen LogP contribution in [0.1, 0.15) is 21.6 Å². The summed E-state index contributed by atoms with van der Waals surface area (Å²) in [5.41, 5.74) is 2.20. The maximum atomic E-state index is 11.6. The van der Waals surface area contributed by atoms with Gasteiger partial charge in [-0.1, -0.05) is 24.3 Å². The Balaban J connectivity index is 2.08. The number of pyridine rings is 1. The van der Waals surface area contributed by atoms with Crippen molar-refractivity contribution in [1.82, 2.24) is 4.98 Å². The van der Waals surface area contributed by atoms with Gasteiger partial charge in [0.05, 0.1) is 11.3 Å². The van der Waals surface area contributed by atoms with E-state index in [-0.39, 0.29) is 5.97 Å². The number of fused-ring (bicyclic) bond motifs is 1. The maximum Gasteiger partial charge on any atom is 0.344 e. The number of esters is 1. The number of aromatic nitrogens is 1. The van der Waals surface area contributed by atoms with Crippen molar-refractivity contribution in [3.05, 3.63) is 65.5 Å². The van der Waals surface area contributed by atoms with E-state index in [0.717, 1.165) is 11.3 Å². The number of nitrogens with zero attached hydrogens (tertiary/aromatic N) is 1. The molecule has 0 fully saturated rings.